The predicted octanol–water partition coefficient (Wildman–Crippen LogP) is 1.90. The molecule has 16 heavy (non-hydrogen) atoms. The van der Waals surface area contributed by atoms with Gasteiger partial charge in [-0.05, 0) is 27.7 Å². The van der Waals surface area contributed by atoms with E-state index in [1.807, 2.05) is 0 Å². The first-order valence-electron chi connectivity index (χ1n) is 5.36. The molecule has 0 aliphatic heterocycles. The van der Waals surface area contributed by atoms with Crippen LogP contribution < -0.4 is 0 Å². The molecule has 0 rings (SSSR count). The highest BCUT2D eigenvalue weighted by atomic mass is 16.6. The monoisotopic (exact) mass is 228 g/mol. The van der Waals surface area contributed by atoms with Crippen LogP contribution in [-0.4, -0.2) is 23.1 Å². The first kappa shape index (κ1) is 14.8. The van der Waals surface area contributed by atoms with Crippen LogP contribution in [0.4, 0.5) is 0 Å². The fourth-order valence-electron chi connectivity index (χ4n) is 1.17. The summed E-state index contributed by atoms with van der Waals surface area (Å²) in [7, 11) is 0. The Kier molecular flexibility index (Phi) is 5.35. The van der Waals surface area contributed by atoms with Crippen LogP contribution in [-0.2, 0) is 19.1 Å². The zero-order valence-electron chi connectivity index (χ0n) is 10.6. The topological polar surface area (TPSA) is 60.4 Å². The molecule has 4 heteroatoms. The van der Waals surface area contributed by atoms with E-state index in [9.17, 15) is 14.4 Å². The third-order valence-corrected chi connectivity index (χ3v) is 1.87. The van der Waals surface area contributed by atoms with E-state index in [2.05, 4.69) is 0 Å². The molecule has 0 fully saturated rings. The summed E-state index contributed by atoms with van der Waals surface area (Å²) in [5.41, 5.74) is -0.541. The summed E-state index contributed by atoms with van der Waals surface area (Å²) < 4.78 is 5.09. The van der Waals surface area contributed by atoms with Gasteiger partial charge in [-0.15, -0.1) is 0 Å². The van der Waals surface area contributed by atoms with E-state index in [1.54, 1.807) is 27.7 Å². The highest BCUT2D eigenvalue weighted by molar-refractivity contribution is 5.99. The highest BCUT2D eigenvalue weighted by Gasteiger charge is 2.22. The number of ketones is 2. The van der Waals surface area contributed by atoms with Crippen LogP contribution in [0, 0.1) is 5.92 Å². The molecular weight excluding hydrogens is 208 g/mol. The van der Waals surface area contributed by atoms with Crippen molar-refractivity contribution in [2.24, 2.45) is 5.92 Å². The molecule has 0 amide bonds. The molecular formula is C12H20O4. The van der Waals surface area contributed by atoms with Crippen molar-refractivity contribution < 1.29 is 19.1 Å². The third-order valence-electron chi connectivity index (χ3n) is 1.87. The van der Waals surface area contributed by atoms with E-state index in [-0.39, 0.29) is 24.4 Å². The number of esters is 1. The molecule has 0 heterocycles. The van der Waals surface area contributed by atoms with Crippen molar-refractivity contribution in [3.8, 4) is 0 Å². The summed E-state index contributed by atoms with van der Waals surface area (Å²) in [5.74, 6) is -1.25. The first-order valence-corrected chi connectivity index (χ1v) is 5.36. The van der Waals surface area contributed by atoms with E-state index < -0.39 is 17.5 Å². The van der Waals surface area contributed by atoms with Crippen molar-refractivity contribution in [2.75, 3.05) is 0 Å². The second-order valence-corrected chi connectivity index (χ2v) is 5.04. The molecule has 1 atom stereocenters. The zero-order valence-corrected chi connectivity index (χ0v) is 10.6. The summed E-state index contributed by atoms with van der Waals surface area (Å²) >= 11 is 0. The van der Waals surface area contributed by atoms with E-state index in [0.29, 0.717) is 0 Å². The first-order chi connectivity index (χ1) is 7.11. The van der Waals surface area contributed by atoms with Crippen molar-refractivity contribution in [2.45, 2.75) is 53.1 Å². The Morgan fingerprint density at radius 1 is 1.19 bits per heavy atom. The van der Waals surface area contributed by atoms with Gasteiger partial charge in [-0.1, -0.05) is 6.92 Å². The quantitative estimate of drug-likeness (QED) is 0.532. The van der Waals surface area contributed by atoms with Crippen LogP contribution in [0.1, 0.15) is 47.5 Å². The van der Waals surface area contributed by atoms with Crippen LogP contribution >= 0.6 is 0 Å². The predicted molar refractivity (Wildman–Crippen MR) is 59.9 cm³/mol. The van der Waals surface area contributed by atoms with Crippen molar-refractivity contribution in [3.05, 3.63) is 0 Å². The molecule has 0 saturated carbocycles. The second-order valence-electron chi connectivity index (χ2n) is 5.04. The van der Waals surface area contributed by atoms with Gasteiger partial charge in [0.05, 0.1) is 12.8 Å². The van der Waals surface area contributed by atoms with Gasteiger partial charge in [-0.2, -0.15) is 0 Å². The van der Waals surface area contributed by atoms with Gasteiger partial charge in [-0.3, -0.25) is 14.4 Å². The van der Waals surface area contributed by atoms with E-state index in [0.717, 1.165) is 0 Å². The number of hydrogen-bond acceptors (Lipinski definition) is 4. The Morgan fingerprint density at radius 3 is 2.06 bits per heavy atom. The van der Waals surface area contributed by atoms with E-state index in [4.69, 9.17) is 4.74 Å². The normalized spacial score (nSPS) is 13.1. The Morgan fingerprint density at radius 2 is 1.69 bits per heavy atom. The molecule has 0 spiro atoms. The molecule has 0 aromatic heterocycles. The molecule has 0 saturated heterocycles. The lowest BCUT2D eigenvalue weighted by atomic mass is 9.99. The third kappa shape index (κ3) is 7.15. The average Bonchev–Trinajstić information content (AvgIpc) is 1.98. The van der Waals surface area contributed by atoms with Crippen molar-refractivity contribution in [3.63, 3.8) is 0 Å². The van der Waals surface area contributed by atoms with Gasteiger partial charge in [0.1, 0.15) is 17.2 Å². The van der Waals surface area contributed by atoms with Gasteiger partial charge in [0.15, 0.2) is 0 Å². The van der Waals surface area contributed by atoms with Gasteiger partial charge in [-0.25, -0.2) is 0 Å². The van der Waals surface area contributed by atoms with Gasteiger partial charge in [0, 0.05) is 5.92 Å². The minimum atomic E-state index is -0.541. The van der Waals surface area contributed by atoms with Crippen molar-refractivity contribution in [1.82, 2.24) is 0 Å². The summed E-state index contributed by atoms with van der Waals surface area (Å²) in [6.45, 7) is 8.31. The SMILES string of the molecule is CC(=O)CC(=O)[C@@H](C)CC(=O)OC(C)(C)C. The lowest BCUT2D eigenvalue weighted by Crippen LogP contribution is -2.26. The maximum Gasteiger partial charge on any atom is 0.307 e. The average molecular weight is 228 g/mol. The van der Waals surface area contributed by atoms with E-state index >= 15 is 0 Å². The van der Waals surface area contributed by atoms with Crippen LogP contribution in [0.3, 0.4) is 0 Å². The lowest BCUT2D eigenvalue weighted by molar-refractivity contribution is -0.157. The summed E-state index contributed by atoms with van der Waals surface area (Å²) in [6.07, 6.45) is -0.0760. The molecule has 0 radical (unpaired) electrons. The molecule has 92 valence electrons. The fourth-order valence-corrected chi connectivity index (χ4v) is 1.17. The lowest BCUT2D eigenvalue weighted by Gasteiger charge is -2.20. The molecule has 0 aliphatic carbocycles. The second kappa shape index (κ2) is 5.77. The van der Waals surface area contributed by atoms with Crippen LogP contribution in [0.25, 0.3) is 0 Å². The molecule has 4 nitrogen and oxygen atoms in total. The van der Waals surface area contributed by atoms with Crippen LogP contribution in [0.15, 0.2) is 0 Å². The largest absolute Gasteiger partial charge is 0.460 e. The summed E-state index contributed by atoms with van der Waals surface area (Å²) in [4.78, 5) is 33.6. The Hall–Kier alpha value is -1.19. The maximum absolute atomic E-state index is 11.4. The number of ether oxygens (including phenoxy) is 1. The maximum atomic E-state index is 11.4. The Labute approximate surface area is 96.4 Å². The molecule has 0 aromatic rings. The number of rotatable bonds is 5. The number of hydrogen-bond donors (Lipinski definition) is 0. The standard InChI is InChI=1S/C12H20O4/c1-8(10(14)7-9(2)13)6-11(15)16-12(3,4)5/h8H,6-7H2,1-5H3/t8-/m0/s1. The molecule has 0 aromatic carbocycles. The van der Waals surface area contributed by atoms with Crippen molar-refractivity contribution in [1.29, 1.82) is 0 Å². The van der Waals surface area contributed by atoms with Gasteiger partial charge >= 0.3 is 5.97 Å². The highest BCUT2D eigenvalue weighted by Crippen LogP contribution is 2.13. The van der Waals surface area contributed by atoms with Crippen LogP contribution in [0.5, 0.6) is 0 Å². The summed E-state index contributed by atoms with van der Waals surface area (Å²) in [5, 5.41) is 0. The van der Waals surface area contributed by atoms with Crippen molar-refractivity contribution >= 4 is 17.5 Å². The molecule has 0 unspecified atom stereocenters. The smallest absolute Gasteiger partial charge is 0.307 e. The minimum Gasteiger partial charge on any atom is -0.460 e. The minimum absolute atomic E-state index is 0.0311. The Balaban J connectivity index is 4.14. The van der Waals surface area contributed by atoms with Gasteiger partial charge in [0.25, 0.3) is 0 Å². The zero-order chi connectivity index (χ0) is 12.9. The summed E-state index contributed by atoms with van der Waals surface area (Å²) in [6, 6.07) is 0. The fraction of sp³-hybridized carbons (Fsp3) is 0.750. The Bertz CT molecular complexity index is 286. The van der Waals surface area contributed by atoms with Crippen LogP contribution in [0.2, 0.25) is 0 Å². The number of Topliss-reactive ketones (excluding diaryl/α,β-unsaturated/α-hetero) is 2. The van der Waals surface area contributed by atoms with Gasteiger partial charge in [0.2, 0.25) is 0 Å². The van der Waals surface area contributed by atoms with E-state index in [1.165, 1.54) is 6.92 Å². The molecule has 0 aliphatic rings. The van der Waals surface area contributed by atoms with Gasteiger partial charge < -0.3 is 4.74 Å². The number of carbonyl (C=O) groups excluding carboxylic acids is 3. The molecule has 0 N–H and O–H groups in total. The number of carbonyl (C=O) groups is 3. The molecule has 0 bridgehead atoms.